The largest absolute Gasteiger partial charge is 0.460 e. The average molecular weight is 400 g/mol. The molecule has 0 bridgehead atoms. The normalized spacial score (nSPS) is 13.6. The molecule has 2 aromatic rings. The Morgan fingerprint density at radius 3 is 2.72 bits per heavy atom. The lowest BCUT2D eigenvalue weighted by Crippen LogP contribution is -2.36. The fourth-order valence-electron chi connectivity index (χ4n) is 2.86. The summed E-state index contributed by atoms with van der Waals surface area (Å²) in [5, 5.41) is 14.1. The minimum Gasteiger partial charge on any atom is -0.460 e. The van der Waals surface area contributed by atoms with E-state index in [2.05, 4.69) is 10.3 Å². The number of pyridine rings is 1. The quantitative estimate of drug-likeness (QED) is 0.320. The van der Waals surface area contributed by atoms with Crippen molar-refractivity contribution in [2.45, 2.75) is 0 Å². The molecule has 1 saturated heterocycles. The first kappa shape index (κ1) is 20.2. The summed E-state index contributed by atoms with van der Waals surface area (Å²) in [4.78, 5) is 40.7. The number of nitrogens with one attached hydrogen (secondary N) is 1. The Balaban J connectivity index is 1.57. The second-order valence-corrected chi connectivity index (χ2v) is 6.19. The Labute approximate surface area is 166 Å². The molecule has 0 spiro atoms. The minimum absolute atomic E-state index is 0.0656. The van der Waals surface area contributed by atoms with E-state index in [0.29, 0.717) is 37.6 Å². The van der Waals surface area contributed by atoms with Gasteiger partial charge in [0.2, 0.25) is 0 Å². The van der Waals surface area contributed by atoms with Crippen LogP contribution in [0.15, 0.2) is 42.7 Å². The Bertz CT molecular complexity index is 884. The van der Waals surface area contributed by atoms with Gasteiger partial charge >= 0.3 is 5.97 Å². The number of esters is 1. The summed E-state index contributed by atoms with van der Waals surface area (Å²) in [5.41, 5.74) is 0.755. The van der Waals surface area contributed by atoms with Crippen molar-refractivity contribution in [3.05, 3.63) is 64.0 Å². The van der Waals surface area contributed by atoms with E-state index in [0.717, 1.165) is 0 Å². The summed E-state index contributed by atoms with van der Waals surface area (Å²) in [5.74, 6) is -1.03. The van der Waals surface area contributed by atoms with E-state index in [1.54, 1.807) is 24.4 Å². The lowest BCUT2D eigenvalue weighted by atomic mass is 10.1. The molecule has 0 atom stereocenters. The molecule has 0 saturated carbocycles. The molecule has 1 fully saturated rings. The van der Waals surface area contributed by atoms with Crippen molar-refractivity contribution in [2.75, 3.05) is 44.4 Å². The number of carbonyl (C=O) groups excluding carboxylic acids is 2. The third-order valence-corrected chi connectivity index (χ3v) is 4.30. The van der Waals surface area contributed by atoms with E-state index in [1.807, 2.05) is 4.90 Å². The second-order valence-electron chi connectivity index (χ2n) is 6.19. The highest BCUT2D eigenvalue weighted by Gasteiger charge is 2.23. The van der Waals surface area contributed by atoms with Crippen LogP contribution >= 0.6 is 0 Å². The van der Waals surface area contributed by atoms with Crippen LogP contribution in [0.25, 0.3) is 0 Å². The predicted molar refractivity (Wildman–Crippen MR) is 103 cm³/mol. The number of carbonyl (C=O) groups is 2. The Kier molecular flexibility index (Phi) is 6.69. The van der Waals surface area contributed by atoms with Gasteiger partial charge in [0.15, 0.2) is 0 Å². The van der Waals surface area contributed by atoms with Crippen molar-refractivity contribution in [1.29, 1.82) is 0 Å². The number of nitro benzene ring substituents is 1. The summed E-state index contributed by atoms with van der Waals surface area (Å²) >= 11 is 0. The lowest BCUT2D eigenvalue weighted by Gasteiger charge is -2.28. The highest BCUT2D eigenvalue weighted by Crippen LogP contribution is 2.30. The molecule has 0 aliphatic carbocycles. The molecule has 10 heteroatoms. The molecule has 0 radical (unpaired) electrons. The van der Waals surface area contributed by atoms with Gasteiger partial charge in [-0.25, -0.2) is 4.79 Å². The zero-order chi connectivity index (χ0) is 20.6. The van der Waals surface area contributed by atoms with Gasteiger partial charge in [-0.3, -0.25) is 19.9 Å². The van der Waals surface area contributed by atoms with Gasteiger partial charge in [-0.2, -0.15) is 0 Å². The van der Waals surface area contributed by atoms with E-state index in [4.69, 9.17) is 9.47 Å². The molecule has 3 rings (SSSR count). The molecular weight excluding hydrogens is 380 g/mol. The first-order valence-electron chi connectivity index (χ1n) is 9.03. The minimum atomic E-state index is -0.697. The van der Waals surface area contributed by atoms with Crippen LogP contribution in [0.4, 0.5) is 11.4 Å². The second kappa shape index (κ2) is 9.60. The number of anilines is 1. The first-order valence-corrected chi connectivity index (χ1v) is 9.03. The van der Waals surface area contributed by atoms with Crippen molar-refractivity contribution in [1.82, 2.24) is 10.3 Å². The molecule has 152 valence electrons. The van der Waals surface area contributed by atoms with Gasteiger partial charge < -0.3 is 19.7 Å². The Morgan fingerprint density at radius 2 is 2.03 bits per heavy atom. The van der Waals surface area contributed by atoms with Gasteiger partial charge in [-0.05, 0) is 24.3 Å². The van der Waals surface area contributed by atoms with Crippen molar-refractivity contribution in [2.24, 2.45) is 0 Å². The van der Waals surface area contributed by atoms with Gasteiger partial charge in [-0.1, -0.05) is 0 Å². The fraction of sp³-hybridized carbons (Fsp3) is 0.316. The molecule has 1 aliphatic heterocycles. The zero-order valence-corrected chi connectivity index (χ0v) is 15.6. The predicted octanol–water partition coefficient (Wildman–Crippen LogP) is 1.41. The van der Waals surface area contributed by atoms with Crippen LogP contribution < -0.4 is 10.2 Å². The number of hydrogen-bond donors (Lipinski definition) is 1. The van der Waals surface area contributed by atoms with Gasteiger partial charge in [0.1, 0.15) is 12.3 Å². The monoisotopic (exact) mass is 400 g/mol. The summed E-state index contributed by atoms with van der Waals surface area (Å²) in [6, 6.07) is 7.51. The summed E-state index contributed by atoms with van der Waals surface area (Å²) in [7, 11) is 0. The maximum Gasteiger partial charge on any atom is 0.338 e. The van der Waals surface area contributed by atoms with E-state index in [9.17, 15) is 19.7 Å². The standard InChI is InChI=1S/C19H20N4O6/c24-18(15-2-1-5-20-13-15)21-6-9-29-19(25)14-3-4-16(17(12-14)23(26)27)22-7-10-28-11-8-22/h1-5,12-13H,6-11H2,(H,21,24). The van der Waals surface area contributed by atoms with E-state index >= 15 is 0 Å². The van der Waals surface area contributed by atoms with Gasteiger partial charge in [0.05, 0.1) is 35.8 Å². The molecular formula is C19H20N4O6. The first-order chi connectivity index (χ1) is 14.1. The molecule has 1 amide bonds. The third-order valence-electron chi connectivity index (χ3n) is 4.30. The van der Waals surface area contributed by atoms with Crippen LogP contribution in [0.2, 0.25) is 0 Å². The van der Waals surface area contributed by atoms with Crippen molar-refractivity contribution >= 4 is 23.3 Å². The van der Waals surface area contributed by atoms with Crippen molar-refractivity contribution in [3.63, 3.8) is 0 Å². The van der Waals surface area contributed by atoms with Gasteiger partial charge in [-0.15, -0.1) is 0 Å². The topological polar surface area (TPSA) is 124 Å². The third kappa shape index (κ3) is 5.26. The Hall–Kier alpha value is -3.53. The maximum atomic E-state index is 12.2. The average Bonchev–Trinajstić information content (AvgIpc) is 2.77. The van der Waals surface area contributed by atoms with E-state index < -0.39 is 10.9 Å². The molecule has 0 unspecified atom stereocenters. The molecule has 2 heterocycles. The van der Waals surface area contributed by atoms with Crippen LogP contribution in [0.1, 0.15) is 20.7 Å². The molecule has 29 heavy (non-hydrogen) atoms. The fourth-order valence-corrected chi connectivity index (χ4v) is 2.86. The van der Waals surface area contributed by atoms with Crippen LogP contribution in [0.3, 0.4) is 0 Å². The van der Waals surface area contributed by atoms with E-state index in [-0.39, 0.29) is 30.3 Å². The molecule has 1 aliphatic rings. The number of benzene rings is 1. The smallest absolute Gasteiger partial charge is 0.338 e. The number of rotatable bonds is 7. The van der Waals surface area contributed by atoms with Crippen LogP contribution in [-0.2, 0) is 9.47 Å². The van der Waals surface area contributed by atoms with E-state index in [1.165, 1.54) is 18.3 Å². The molecule has 10 nitrogen and oxygen atoms in total. The molecule has 1 aromatic heterocycles. The summed E-state index contributed by atoms with van der Waals surface area (Å²) in [6.45, 7) is 2.11. The lowest BCUT2D eigenvalue weighted by molar-refractivity contribution is -0.384. The number of hydrogen-bond acceptors (Lipinski definition) is 8. The highest BCUT2D eigenvalue weighted by atomic mass is 16.6. The molecule has 1 N–H and O–H groups in total. The number of nitrogens with zero attached hydrogens (tertiary/aromatic N) is 3. The van der Waals surface area contributed by atoms with Gasteiger partial charge in [0.25, 0.3) is 11.6 Å². The van der Waals surface area contributed by atoms with Crippen molar-refractivity contribution in [3.8, 4) is 0 Å². The van der Waals surface area contributed by atoms with Crippen LogP contribution in [0.5, 0.6) is 0 Å². The number of morpholine rings is 1. The Morgan fingerprint density at radius 1 is 1.24 bits per heavy atom. The molecule has 1 aromatic carbocycles. The number of ether oxygens (including phenoxy) is 2. The number of nitro groups is 1. The SMILES string of the molecule is O=C(NCCOC(=O)c1ccc(N2CCOCC2)c([N+](=O)[O-])c1)c1cccnc1. The summed E-state index contributed by atoms with van der Waals surface area (Å²) in [6.07, 6.45) is 2.98. The number of amides is 1. The highest BCUT2D eigenvalue weighted by molar-refractivity contribution is 5.94. The van der Waals surface area contributed by atoms with Crippen LogP contribution in [0, 0.1) is 10.1 Å². The maximum absolute atomic E-state index is 12.2. The van der Waals surface area contributed by atoms with Crippen molar-refractivity contribution < 1.29 is 24.0 Å². The zero-order valence-electron chi connectivity index (χ0n) is 15.6. The van der Waals surface area contributed by atoms with Gasteiger partial charge in [0, 0.05) is 31.5 Å². The summed E-state index contributed by atoms with van der Waals surface area (Å²) < 4.78 is 10.4. The van der Waals surface area contributed by atoms with Crippen LogP contribution in [-0.4, -0.2) is 61.2 Å². The number of aromatic nitrogens is 1.